The van der Waals surface area contributed by atoms with Crippen molar-refractivity contribution in [2.75, 3.05) is 7.05 Å². The number of nitrogens with one attached hydrogen (secondary N) is 1. The number of halogens is 3. The summed E-state index contributed by atoms with van der Waals surface area (Å²) in [5.74, 6) is 0. The maximum absolute atomic E-state index is 4.49. The topological polar surface area (TPSA) is 24.9 Å². The summed E-state index contributed by atoms with van der Waals surface area (Å²) < 4.78 is 3.16. The molecule has 0 bridgehead atoms. The Bertz CT molecular complexity index is 542. The Kier molecular flexibility index (Phi) is 5.38. The molecule has 0 saturated carbocycles. The smallest absolute Gasteiger partial charge is 0.0719 e. The first-order chi connectivity index (χ1) is 8.60. The number of thiophene rings is 1. The minimum atomic E-state index is 0.207. The molecule has 0 aromatic carbocycles. The van der Waals surface area contributed by atoms with E-state index in [9.17, 15) is 0 Å². The average Bonchev–Trinajstić information content (AvgIpc) is 2.72. The highest BCUT2D eigenvalue weighted by molar-refractivity contribution is 9.11. The van der Waals surface area contributed by atoms with Gasteiger partial charge in [-0.2, -0.15) is 0 Å². The van der Waals surface area contributed by atoms with Crippen molar-refractivity contribution in [3.8, 4) is 0 Å². The largest absolute Gasteiger partial charge is 0.311 e. The van der Waals surface area contributed by atoms with Crippen LogP contribution in [0.5, 0.6) is 0 Å². The Balaban J connectivity index is 2.22. The zero-order valence-corrected chi connectivity index (χ0v) is 15.2. The van der Waals surface area contributed by atoms with Gasteiger partial charge in [-0.1, -0.05) is 0 Å². The fraction of sp³-hybridized carbons (Fsp3) is 0.250. The van der Waals surface area contributed by atoms with E-state index in [1.807, 2.05) is 19.3 Å². The van der Waals surface area contributed by atoms with Gasteiger partial charge >= 0.3 is 0 Å². The van der Waals surface area contributed by atoms with Crippen LogP contribution in [-0.4, -0.2) is 12.0 Å². The van der Waals surface area contributed by atoms with Crippen LogP contribution in [0.1, 0.15) is 16.6 Å². The van der Waals surface area contributed by atoms with Crippen molar-refractivity contribution >= 4 is 59.1 Å². The van der Waals surface area contributed by atoms with Gasteiger partial charge in [0.15, 0.2) is 0 Å². The van der Waals surface area contributed by atoms with Crippen molar-refractivity contribution in [3.63, 3.8) is 0 Å². The van der Waals surface area contributed by atoms with Crippen LogP contribution < -0.4 is 5.32 Å². The van der Waals surface area contributed by atoms with Crippen LogP contribution >= 0.6 is 59.1 Å². The first kappa shape index (κ1) is 14.7. The van der Waals surface area contributed by atoms with E-state index >= 15 is 0 Å². The second kappa shape index (κ2) is 6.61. The van der Waals surface area contributed by atoms with Gasteiger partial charge in [-0.05, 0) is 73.0 Å². The number of nitrogens with zero attached hydrogens (tertiary/aromatic N) is 1. The average molecular weight is 455 g/mol. The van der Waals surface area contributed by atoms with Crippen LogP contribution in [0.15, 0.2) is 37.1 Å². The molecular weight excluding hydrogens is 444 g/mol. The van der Waals surface area contributed by atoms with Gasteiger partial charge in [0.25, 0.3) is 0 Å². The van der Waals surface area contributed by atoms with Gasteiger partial charge in [-0.3, -0.25) is 4.98 Å². The number of hydrogen-bond acceptors (Lipinski definition) is 3. The number of likely N-dealkylation sites (N-methyl/N-ethyl adjacent to an activating group) is 1. The van der Waals surface area contributed by atoms with Crippen molar-refractivity contribution in [2.24, 2.45) is 0 Å². The highest BCUT2D eigenvalue weighted by Gasteiger charge is 2.16. The molecule has 2 nitrogen and oxygen atoms in total. The van der Waals surface area contributed by atoms with Crippen molar-refractivity contribution in [1.29, 1.82) is 0 Å². The molecule has 2 aromatic heterocycles. The van der Waals surface area contributed by atoms with Crippen LogP contribution in [-0.2, 0) is 6.42 Å². The zero-order valence-electron chi connectivity index (χ0n) is 9.58. The van der Waals surface area contributed by atoms with Gasteiger partial charge in [0.1, 0.15) is 0 Å². The molecule has 2 rings (SSSR count). The second-order valence-electron chi connectivity index (χ2n) is 3.77. The first-order valence-electron chi connectivity index (χ1n) is 5.32. The number of hydrogen-bond donors (Lipinski definition) is 1. The maximum Gasteiger partial charge on any atom is 0.0719 e. The molecule has 0 saturated heterocycles. The molecule has 18 heavy (non-hydrogen) atoms. The molecule has 1 atom stereocenters. The van der Waals surface area contributed by atoms with Gasteiger partial charge in [-0.25, -0.2) is 0 Å². The van der Waals surface area contributed by atoms with E-state index in [0.717, 1.165) is 24.8 Å². The zero-order chi connectivity index (χ0) is 13.1. The SMILES string of the molecule is CNC(Cc1ccc(Br)s1)c1ncc(Br)cc1Br. The highest BCUT2D eigenvalue weighted by Crippen LogP contribution is 2.30. The van der Waals surface area contributed by atoms with Gasteiger partial charge in [0, 0.05) is 26.4 Å². The minimum Gasteiger partial charge on any atom is -0.311 e. The monoisotopic (exact) mass is 452 g/mol. The Hall–Kier alpha value is 0.250. The molecule has 0 radical (unpaired) electrons. The van der Waals surface area contributed by atoms with E-state index in [2.05, 4.69) is 70.2 Å². The Morgan fingerprint density at radius 3 is 2.67 bits per heavy atom. The van der Waals surface area contributed by atoms with E-state index in [1.165, 1.54) is 4.88 Å². The lowest BCUT2D eigenvalue weighted by Gasteiger charge is -2.16. The van der Waals surface area contributed by atoms with E-state index in [0.29, 0.717) is 0 Å². The fourth-order valence-corrected chi connectivity index (χ4v) is 4.47. The second-order valence-corrected chi connectivity index (χ2v) is 8.09. The summed E-state index contributed by atoms with van der Waals surface area (Å²) in [6.45, 7) is 0. The lowest BCUT2D eigenvalue weighted by atomic mass is 10.1. The molecule has 6 heteroatoms. The van der Waals surface area contributed by atoms with Gasteiger partial charge < -0.3 is 5.32 Å². The molecule has 96 valence electrons. The normalized spacial score (nSPS) is 12.7. The van der Waals surface area contributed by atoms with Gasteiger partial charge in [0.2, 0.25) is 0 Å². The van der Waals surface area contributed by atoms with E-state index in [1.54, 1.807) is 11.3 Å². The molecule has 1 unspecified atom stereocenters. The number of aromatic nitrogens is 1. The van der Waals surface area contributed by atoms with Crippen LogP contribution in [0.4, 0.5) is 0 Å². The lowest BCUT2D eigenvalue weighted by molar-refractivity contribution is 0.577. The molecule has 0 aliphatic heterocycles. The summed E-state index contributed by atoms with van der Waals surface area (Å²) in [5.41, 5.74) is 1.03. The first-order valence-corrected chi connectivity index (χ1v) is 8.52. The summed E-state index contributed by atoms with van der Waals surface area (Å²) in [6, 6.07) is 6.46. The summed E-state index contributed by atoms with van der Waals surface area (Å²) in [4.78, 5) is 5.82. The molecule has 0 aliphatic rings. The third kappa shape index (κ3) is 3.63. The molecule has 1 N–H and O–H groups in total. The Morgan fingerprint density at radius 2 is 2.11 bits per heavy atom. The van der Waals surface area contributed by atoms with E-state index in [-0.39, 0.29) is 6.04 Å². The summed E-state index contributed by atoms with van der Waals surface area (Å²) in [5, 5.41) is 3.32. The fourth-order valence-electron chi connectivity index (χ4n) is 1.68. The van der Waals surface area contributed by atoms with Crippen LogP contribution in [0, 0.1) is 0 Å². The van der Waals surface area contributed by atoms with Gasteiger partial charge in [0.05, 0.1) is 15.5 Å². The molecule has 0 aliphatic carbocycles. The van der Waals surface area contributed by atoms with Crippen molar-refractivity contribution in [2.45, 2.75) is 12.5 Å². The van der Waals surface area contributed by atoms with Gasteiger partial charge in [-0.15, -0.1) is 11.3 Å². The predicted molar refractivity (Wildman–Crippen MR) is 87.2 cm³/mol. The quantitative estimate of drug-likeness (QED) is 0.708. The molecule has 0 amide bonds. The van der Waals surface area contributed by atoms with Crippen LogP contribution in [0.3, 0.4) is 0 Å². The third-order valence-corrected chi connectivity index (χ3v) is 5.26. The lowest BCUT2D eigenvalue weighted by Crippen LogP contribution is -2.20. The predicted octanol–water partition coefficient (Wildman–Crippen LogP) is 4.93. The Morgan fingerprint density at radius 1 is 1.33 bits per heavy atom. The van der Waals surface area contributed by atoms with Crippen LogP contribution in [0.25, 0.3) is 0 Å². The standard InChI is InChI=1S/C12H11Br3N2S/c1-16-10(5-8-2-3-11(15)18-8)12-9(14)4-7(13)6-17-12/h2-4,6,10,16H,5H2,1H3. The Labute approximate surface area is 136 Å². The number of pyridine rings is 1. The summed E-state index contributed by atoms with van der Waals surface area (Å²) >= 11 is 12.2. The molecule has 2 aromatic rings. The summed E-state index contributed by atoms with van der Waals surface area (Å²) in [7, 11) is 1.96. The number of rotatable bonds is 4. The van der Waals surface area contributed by atoms with Crippen molar-refractivity contribution in [3.05, 3.63) is 47.7 Å². The highest BCUT2D eigenvalue weighted by atomic mass is 79.9. The van der Waals surface area contributed by atoms with Crippen molar-refractivity contribution in [1.82, 2.24) is 10.3 Å². The molecule has 0 fully saturated rings. The molecule has 2 heterocycles. The maximum atomic E-state index is 4.49. The molecule has 0 spiro atoms. The van der Waals surface area contributed by atoms with E-state index in [4.69, 9.17) is 0 Å². The minimum absolute atomic E-state index is 0.207. The third-order valence-electron chi connectivity index (χ3n) is 2.55. The van der Waals surface area contributed by atoms with E-state index < -0.39 is 0 Å². The molecular formula is C12H11Br3N2S. The van der Waals surface area contributed by atoms with Crippen LogP contribution in [0.2, 0.25) is 0 Å². The summed E-state index contributed by atoms with van der Waals surface area (Å²) in [6.07, 6.45) is 2.76. The van der Waals surface area contributed by atoms with Crippen molar-refractivity contribution < 1.29 is 0 Å².